The number of hydrogen-bond donors (Lipinski definition) is 0. The third-order valence-electron chi connectivity index (χ3n) is 8.84. The molecule has 10 nitrogen and oxygen atoms in total. The van der Waals surface area contributed by atoms with E-state index in [1.165, 1.54) is 23.1 Å². The first-order chi connectivity index (χ1) is 22.8. The number of ketones is 1. The molecule has 2 amide bonds. The van der Waals surface area contributed by atoms with E-state index in [9.17, 15) is 29.3 Å². The number of nitro benzene ring substituents is 1. The van der Waals surface area contributed by atoms with Gasteiger partial charge in [-0.15, -0.1) is 0 Å². The molecule has 0 bridgehead atoms. The fourth-order valence-corrected chi connectivity index (χ4v) is 8.09. The minimum absolute atomic E-state index is 0.0408. The second-order valence-corrected chi connectivity index (χ2v) is 15.4. The number of carbonyl (C=O) groups excluding carboxylic acids is 4. The monoisotopic (exact) mass is 859 g/mol. The van der Waals surface area contributed by atoms with E-state index in [4.69, 9.17) is 21.3 Å². The zero-order chi connectivity index (χ0) is 34.6. The van der Waals surface area contributed by atoms with Crippen LogP contribution in [-0.2, 0) is 14.3 Å². The van der Waals surface area contributed by atoms with Gasteiger partial charge < -0.3 is 4.74 Å². The number of hydrogen-bond acceptors (Lipinski definition) is 8. The molecule has 3 aromatic carbocycles. The van der Waals surface area contributed by atoms with Crippen LogP contribution in [0.1, 0.15) is 44.7 Å². The van der Waals surface area contributed by atoms with Gasteiger partial charge in [0.25, 0.3) is 5.69 Å². The van der Waals surface area contributed by atoms with Crippen LogP contribution < -0.4 is 4.90 Å². The SMILES string of the molecule is Cc1ccc(C(=O)COC(=O)c2cc(-c3ccc(N4C(=O)C5CC(Br)C(Br)CC5C4=O)cc3)nc3c(C)c(Cl)c(Br)cc23)cc1[N+](=O)[O-]. The number of Topliss-reactive ketones (excluding diaryl/α,β-unsaturated/α-hetero) is 1. The van der Waals surface area contributed by atoms with Crippen LogP contribution in [0.25, 0.3) is 22.2 Å². The number of halogens is 4. The van der Waals surface area contributed by atoms with Gasteiger partial charge in [0, 0.05) is 42.3 Å². The maximum atomic E-state index is 13.5. The number of aromatic nitrogens is 1. The number of nitrogens with zero attached hydrogens (tertiary/aromatic N) is 3. The second-order valence-electron chi connectivity index (χ2n) is 11.8. The van der Waals surface area contributed by atoms with Crippen molar-refractivity contribution < 1.29 is 28.8 Å². The van der Waals surface area contributed by atoms with Crippen LogP contribution in [0.2, 0.25) is 5.02 Å². The van der Waals surface area contributed by atoms with Gasteiger partial charge in [0.2, 0.25) is 17.6 Å². The Morgan fingerprint density at radius 3 is 2.23 bits per heavy atom. The highest BCUT2D eigenvalue weighted by atomic mass is 79.9. The molecule has 0 spiro atoms. The summed E-state index contributed by atoms with van der Waals surface area (Å²) in [5.41, 5.74) is 2.80. The first kappa shape index (κ1) is 34.3. The fraction of sp³-hybridized carbons (Fsp3) is 0.265. The Kier molecular flexibility index (Phi) is 9.60. The molecule has 4 atom stereocenters. The quantitative estimate of drug-likeness (QED) is 0.0452. The van der Waals surface area contributed by atoms with Crippen LogP contribution in [0.4, 0.5) is 11.4 Å². The van der Waals surface area contributed by atoms with Gasteiger partial charge in [-0.1, -0.05) is 67.7 Å². The maximum absolute atomic E-state index is 13.5. The van der Waals surface area contributed by atoms with E-state index < -0.39 is 23.3 Å². The lowest BCUT2D eigenvalue weighted by Crippen LogP contribution is -2.34. The van der Waals surface area contributed by atoms with Crippen molar-refractivity contribution in [1.29, 1.82) is 0 Å². The molecule has 4 aromatic rings. The lowest BCUT2D eigenvalue weighted by atomic mass is 9.81. The Bertz CT molecular complexity index is 2030. The van der Waals surface area contributed by atoms with Gasteiger partial charge in [-0.3, -0.25) is 29.4 Å². The van der Waals surface area contributed by atoms with E-state index in [1.807, 2.05) is 0 Å². The third-order valence-corrected chi connectivity index (χ3v) is 12.9. The van der Waals surface area contributed by atoms with Gasteiger partial charge in [-0.05, 0) is 72.4 Å². The van der Waals surface area contributed by atoms with E-state index >= 15 is 0 Å². The second kappa shape index (κ2) is 13.4. The number of alkyl halides is 2. The van der Waals surface area contributed by atoms with E-state index in [2.05, 4.69) is 47.8 Å². The van der Waals surface area contributed by atoms with E-state index in [0.29, 0.717) is 61.3 Å². The Labute approximate surface area is 304 Å². The van der Waals surface area contributed by atoms with Crippen molar-refractivity contribution in [3.05, 3.63) is 96.5 Å². The van der Waals surface area contributed by atoms with Crippen molar-refractivity contribution in [3.8, 4) is 11.3 Å². The van der Waals surface area contributed by atoms with Gasteiger partial charge in [0.05, 0.1) is 44.2 Å². The van der Waals surface area contributed by atoms with Crippen molar-refractivity contribution >= 4 is 105 Å². The third kappa shape index (κ3) is 6.21. The Morgan fingerprint density at radius 2 is 1.62 bits per heavy atom. The molecule has 0 radical (unpaired) electrons. The smallest absolute Gasteiger partial charge is 0.339 e. The summed E-state index contributed by atoms with van der Waals surface area (Å²) in [6.45, 7) is 2.68. The molecule has 4 unspecified atom stereocenters. The molecule has 48 heavy (non-hydrogen) atoms. The molecule has 1 saturated carbocycles. The van der Waals surface area contributed by atoms with Crippen molar-refractivity contribution in [2.75, 3.05) is 11.5 Å². The van der Waals surface area contributed by atoms with Gasteiger partial charge in [0.1, 0.15) is 0 Å². The molecule has 1 aliphatic carbocycles. The summed E-state index contributed by atoms with van der Waals surface area (Å²) in [5.74, 6) is -2.63. The average molecular weight is 863 g/mol. The Morgan fingerprint density at radius 1 is 1.00 bits per heavy atom. The number of aryl methyl sites for hydroxylation is 2. The predicted molar refractivity (Wildman–Crippen MR) is 191 cm³/mol. The zero-order valence-corrected chi connectivity index (χ0v) is 30.9. The molecule has 1 saturated heterocycles. The van der Waals surface area contributed by atoms with Gasteiger partial charge in [-0.2, -0.15) is 0 Å². The summed E-state index contributed by atoms with van der Waals surface area (Å²) in [7, 11) is 0. The molecular weight excluding hydrogens is 838 g/mol. The molecule has 2 heterocycles. The summed E-state index contributed by atoms with van der Waals surface area (Å²) in [5, 5.41) is 12.2. The summed E-state index contributed by atoms with van der Waals surface area (Å²) < 4.78 is 5.96. The Hall–Kier alpha value is -3.52. The molecule has 14 heteroatoms. The number of benzene rings is 3. The number of imide groups is 1. The van der Waals surface area contributed by atoms with Gasteiger partial charge in [-0.25, -0.2) is 9.78 Å². The van der Waals surface area contributed by atoms with Crippen LogP contribution in [0.15, 0.2) is 59.1 Å². The number of amides is 2. The molecule has 2 aliphatic rings. The number of ether oxygens (including phenoxy) is 1. The lowest BCUT2D eigenvalue weighted by molar-refractivity contribution is -0.385. The topological polar surface area (TPSA) is 137 Å². The number of rotatable bonds is 7. The highest BCUT2D eigenvalue weighted by Crippen LogP contribution is 2.44. The standard InChI is InChI=1S/C34H25Br3ClN3O7/c1-15-3-4-18(9-28(15)41(46)47)29(42)14-48-34(45)23-13-27(39-31-16(2)30(38)26(37)10-20(23)31)17-5-7-19(8-6-17)40-32(43)21-11-24(35)25(36)12-22(21)33(40)44/h3-10,13,21-22,24-25H,11-12,14H2,1-2H3. The number of fused-ring (bicyclic) bond motifs is 2. The van der Waals surface area contributed by atoms with Crippen LogP contribution >= 0.6 is 59.4 Å². The fourth-order valence-electron chi connectivity index (χ4n) is 6.18. The number of nitro groups is 1. The summed E-state index contributed by atoms with van der Waals surface area (Å²) in [6, 6.07) is 14.0. The van der Waals surface area contributed by atoms with Crippen LogP contribution in [0, 0.1) is 35.8 Å². The highest BCUT2D eigenvalue weighted by Gasteiger charge is 2.52. The van der Waals surface area contributed by atoms with E-state index in [0.717, 1.165) is 6.07 Å². The molecule has 2 fully saturated rings. The summed E-state index contributed by atoms with van der Waals surface area (Å²) >= 11 is 17.2. The Balaban J connectivity index is 1.31. The number of pyridine rings is 1. The predicted octanol–water partition coefficient (Wildman–Crippen LogP) is 8.31. The number of anilines is 1. The van der Waals surface area contributed by atoms with Crippen molar-refractivity contribution in [2.24, 2.45) is 11.8 Å². The zero-order valence-electron chi connectivity index (χ0n) is 25.3. The largest absolute Gasteiger partial charge is 0.454 e. The average Bonchev–Trinajstić information content (AvgIpc) is 3.30. The van der Waals surface area contributed by atoms with Gasteiger partial charge in [0.15, 0.2) is 6.61 Å². The van der Waals surface area contributed by atoms with E-state index in [-0.39, 0.29) is 50.1 Å². The molecule has 6 rings (SSSR count). The molecule has 1 aromatic heterocycles. The summed E-state index contributed by atoms with van der Waals surface area (Å²) in [4.78, 5) is 70.1. The van der Waals surface area contributed by atoms with Crippen molar-refractivity contribution in [3.63, 3.8) is 0 Å². The highest BCUT2D eigenvalue weighted by molar-refractivity contribution is 9.12. The molecule has 1 aliphatic heterocycles. The van der Waals surface area contributed by atoms with Crippen LogP contribution in [0.5, 0.6) is 0 Å². The number of esters is 1. The molecule has 246 valence electrons. The molecule has 0 N–H and O–H groups in total. The van der Waals surface area contributed by atoms with Gasteiger partial charge >= 0.3 is 5.97 Å². The van der Waals surface area contributed by atoms with Crippen LogP contribution in [0.3, 0.4) is 0 Å². The summed E-state index contributed by atoms with van der Waals surface area (Å²) in [6.07, 6.45) is 1.13. The minimum Gasteiger partial charge on any atom is -0.454 e. The first-order valence-corrected chi connectivity index (χ1v) is 17.8. The maximum Gasteiger partial charge on any atom is 0.339 e. The van der Waals surface area contributed by atoms with E-state index in [1.54, 1.807) is 44.2 Å². The van der Waals surface area contributed by atoms with Crippen molar-refractivity contribution in [2.45, 2.75) is 36.3 Å². The normalized spacial score (nSPS) is 20.6. The van der Waals surface area contributed by atoms with Crippen molar-refractivity contribution in [1.82, 2.24) is 4.98 Å². The molecular formula is C34H25Br3ClN3O7. The lowest BCUT2D eigenvalue weighted by Gasteiger charge is -2.29. The van der Waals surface area contributed by atoms with Crippen LogP contribution in [-0.4, -0.2) is 49.7 Å². The first-order valence-electron chi connectivity index (χ1n) is 14.8. The minimum atomic E-state index is -0.810. The number of carbonyl (C=O) groups is 4.